The smallest absolute Gasteiger partial charge is 0.407 e. The van der Waals surface area contributed by atoms with Gasteiger partial charge in [0.25, 0.3) is 0 Å². The number of nitrogens with one attached hydrogen (secondary N) is 1. The highest BCUT2D eigenvalue weighted by molar-refractivity contribution is 5.67. The average Bonchev–Trinajstić information content (AvgIpc) is 2.70. The minimum atomic E-state index is -1.23. The van der Waals surface area contributed by atoms with Crippen molar-refractivity contribution in [3.8, 4) is 11.5 Å². The number of rotatable bonds is 8. The molecule has 0 bridgehead atoms. The summed E-state index contributed by atoms with van der Waals surface area (Å²) in [5.74, 6) is 0.974. The quantitative estimate of drug-likeness (QED) is 0.666. The third-order valence-electron chi connectivity index (χ3n) is 3.75. The summed E-state index contributed by atoms with van der Waals surface area (Å²) in [6, 6.07) is 14.1. The maximum atomic E-state index is 11.7. The predicted molar refractivity (Wildman–Crippen MR) is 95.1 cm³/mol. The molecule has 7 nitrogen and oxygen atoms in total. The van der Waals surface area contributed by atoms with Gasteiger partial charge < -0.3 is 29.7 Å². The molecule has 3 N–H and O–H groups in total. The summed E-state index contributed by atoms with van der Waals surface area (Å²) in [5.41, 5.74) is 1.26. The molecule has 1 amide bonds. The molecule has 0 spiro atoms. The van der Waals surface area contributed by atoms with Gasteiger partial charge in [-0.05, 0) is 23.3 Å². The Balaban J connectivity index is 1.86. The number of hydrogen-bond donors (Lipinski definition) is 3. The Hall–Kier alpha value is -2.77. The lowest BCUT2D eigenvalue weighted by molar-refractivity contribution is 0.0182. The molecule has 0 saturated heterocycles. The van der Waals surface area contributed by atoms with Gasteiger partial charge in [0.15, 0.2) is 0 Å². The van der Waals surface area contributed by atoms with Crippen molar-refractivity contribution in [3.63, 3.8) is 0 Å². The normalized spacial score (nSPS) is 12.8. The van der Waals surface area contributed by atoms with E-state index in [-0.39, 0.29) is 13.2 Å². The Morgan fingerprint density at radius 2 is 1.65 bits per heavy atom. The van der Waals surface area contributed by atoms with E-state index in [1.165, 1.54) is 14.2 Å². The second-order valence-corrected chi connectivity index (χ2v) is 5.60. The summed E-state index contributed by atoms with van der Waals surface area (Å²) >= 11 is 0. The fourth-order valence-electron chi connectivity index (χ4n) is 2.30. The highest BCUT2D eigenvalue weighted by Gasteiger charge is 2.21. The van der Waals surface area contributed by atoms with Crippen molar-refractivity contribution in [2.45, 2.75) is 18.8 Å². The second-order valence-electron chi connectivity index (χ2n) is 5.60. The van der Waals surface area contributed by atoms with Crippen LogP contribution in [0, 0.1) is 0 Å². The number of hydrogen-bond acceptors (Lipinski definition) is 6. The van der Waals surface area contributed by atoms with E-state index in [0.717, 1.165) is 5.56 Å². The molecule has 0 aliphatic rings. The zero-order chi connectivity index (χ0) is 18.9. The molecule has 2 rings (SSSR count). The number of carbonyl (C=O) groups is 1. The van der Waals surface area contributed by atoms with E-state index >= 15 is 0 Å². The highest BCUT2D eigenvalue weighted by atomic mass is 16.5. The number of aliphatic hydroxyl groups is 2. The topological polar surface area (TPSA) is 97.3 Å². The van der Waals surface area contributed by atoms with Crippen LogP contribution in [-0.2, 0) is 11.3 Å². The van der Waals surface area contributed by atoms with Crippen molar-refractivity contribution < 1.29 is 29.2 Å². The zero-order valence-corrected chi connectivity index (χ0v) is 14.7. The van der Waals surface area contributed by atoms with Crippen LogP contribution in [0.1, 0.15) is 17.2 Å². The SMILES string of the molecule is COc1cc(OC)cc(C(O)C(O)CNC(=O)OCc2ccccc2)c1. The van der Waals surface area contributed by atoms with Crippen molar-refractivity contribution >= 4 is 6.09 Å². The Morgan fingerprint density at radius 3 is 2.23 bits per heavy atom. The molecule has 0 fully saturated rings. The molecular weight excluding hydrogens is 338 g/mol. The summed E-state index contributed by atoms with van der Waals surface area (Å²) in [6.07, 6.45) is -3.13. The number of ether oxygens (including phenoxy) is 3. The number of methoxy groups -OCH3 is 2. The monoisotopic (exact) mass is 361 g/mol. The molecule has 0 radical (unpaired) electrons. The zero-order valence-electron chi connectivity index (χ0n) is 14.7. The van der Waals surface area contributed by atoms with Crippen LogP contribution in [0.15, 0.2) is 48.5 Å². The van der Waals surface area contributed by atoms with E-state index in [9.17, 15) is 15.0 Å². The molecule has 2 aromatic rings. The Kier molecular flexibility index (Phi) is 7.25. The van der Waals surface area contributed by atoms with Crippen LogP contribution in [0.2, 0.25) is 0 Å². The van der Waals surface area contributed by atoms with E-state index in [1.54, 1.807) is 18.2 Å². The van der Waals surface area contributed by atoms with Crippen LogP contribution in [0.5, 0.6) is 11.5 Å². The standard InChI is InChI=1S/C19H23NO6/c1-24-15-8-14(9-16(10-15)25-2)18(22)17(21)11-20-19(23)26-12-13-6-4-3-5-7-13/h3-10,17-18,21-22H,11-12H2,1-2H3,(H,20,23). The maximum Gasteiger partial charge on any atom is 0.407 e. The van der Waals surface area contributed by atoms with Gasteiger partial charge in [-0.15, -0.1) is 0 Å². The minimum Gasteiger partial charge on any atom is -0.497 e. The van der Waals surface area contributed by atoms with Gasteiger partial charge in [-0.3, -0.25) is 0 Å². The van der Waals surface area contributed by atoms with Crippen molar-refractivity contribution in [3.05, 3.63) is 59.7 Å². The van der Waals surface area contributed by atoms with Crippen LogP contribution < -0.4 is 14.8 Å². The van der Waals surface area contributed by atoms with Crippen molar-refractivity contribution in [1.29, 1.82) is 0 Å². The van der Waals surface area contributed by atoms with Crippen molar-refractivity contribution in [2.75, 3.05) is 20.8 Å². The van der Waals surface area contributed by atoms with E-state index in [4.69, 9.17) is 14.2 Å². The van der Waals surface area contributed by atoms with E-state index < -0.39 is 18.3 Å². The first kappa shape index (κ1) is 19.6. The summed E-state index contributed by atoms with van der Waals surface area (Å²) in [4.78, 5) is 11.7. The summed E-state index contributed by atoms with van der Waals surface area (Å²) in [5, 5.41) is 22.9. The maximum absolute atomic E-state index is 11.7. The summed E-state index contributed by atoms with van der Waals surface area (Å²) in [6.45, 7) is -0.0489. The third kappa shape index (κ3) is 5.65. The molecule has 2 aromatic carbocycles. The van der Waals surface area contributed by atoms with Gasteiger partial charge in [0.2, 0.25) is 0 Å². The summed E-state index contributed by atoms with van der Waals surface area (Å²) in [7, 11) is 2.98. The lowest BCUT2D eigenvalue weighted by Crippen LogP contribution is -2.35. The van der Waals surface area contributed by atoms with E-state index in [2.05, 4.69) is 5.32 Å². The Morgan fingerprint density at radius 1 is 1.04 bits per heavy atom. The molecule has 0 aromatic heterocycles. The molecule has 2 atom stereocenters. The van der Waals surface area contributed by atoms with Crippen LogP contribution in [0.3, 0.4) is 0 Å². The average molecular weight is 361 g/mol. The van der Waals surface area contributed by atoms with Gasteiger partial charge in [0.1, 0.15) is 30.3 Å². The first-order valence-electron chi connectivity index (χ1n) is 8.07. The number of benzene rings is 2. The third-order valence-corrected chi connectivity index (χ3v) is 3.75. The van der Waals surface area contributed by atoms with Gasteiger partial charge in [0.05, 0.1) is 14.2 Å². The molecule has 0 saturated carbocycles. The molecule has 2 unspecified atom stereocenters. The van der Waals surface area contributed by atoms with Crippen LogP contribution >= 0.6 is 0 Å². The van der Waals surface area contributed by atoms with Gasteiger partial charge >= 0.3 is 6.09 Å². The van der Waals surface area contributed by atoms with Crippen LogP contribution in [0.25, 0.3) is 0 Å². The fourth-order valence-corrected chi connectivity index (χ4v) is 2.30. The molecule has 0 aliphatic heterocycles. The van der Waals surface area contributed by atoms with Crippen LogP contribution in [0.4, 0.5) is 4.79 Å². The molecule has 140 valence electrons. The van der Waals surface area contributed by atoms with E-state index in [0.29, 0.717) is 17.1 Å². The Labute approximate surface area is 152 Å². The highest BCUT2D eigenvalue weighted by Crippen LogP contribution is 2.27. The van der Waals surface area contributed by atoms with Gasteiger partial charge in [-0.25, -0.2) is 4.79 Å². The van der Waals surface area contributed by atoms with Gasteiger partial charge in [0, 0.05) is 12.6 Å². The van der Waals surface area contributed by atoms with Crippen molar-refractivity contribution in [2.24, 2.45) is 0 Å². The van der Waals surface area contributed by atoms with E-state index in [1.807, 2.05) is 30.3 Å². The lowest BCUT2D eigenvalue weighted by atomic mass is 10.0. The molecule has 26 heavy (non-hydrogen) atoms. The first-order valence-corrected chi connectivity index (χ1v) is 8.07. The van der Waals surface area contributed by atoms with Gasteiger partial charge in [-0.2, -0.15) is 0 Å². The molecule has 7 heteroatoms. The lowest BCUT2D eigenvalue weighted by Gasteiger charge is -2.20. The Bertz CT molecular complexity index is 684. The number of amides is 1. The number of alkyl carbamates (subject to hydrolysis) is 1. The molecular formula is C19H23NO6. The van der Waals surface area contributed by atoms with Gasteiger partial charge in [-0.1, -0.05) is 30.3 Å². The summed E-state index contributed by atoms with van der Waals surface area (Å²) < 4.78 is 15.3. The number of aliphatic hydroxyl groups excluding tert-OH is 2. The molecule has 0 heterocycles. The number of carbonyl (C=O) groups excluding carboxylic acids is 1. The van der Waals surface area contributed by atoms with Crippen LogP contribution in [-0.4, -0.2) is 43.2 Å². The minimum absolute atomic E-state index is 0.123. The van der Waals surface area contributed by atoms with Crippen molar-refractivity contribution in [1.82, 2.24) is 5.32 Å². The second kappa shape index (κ2) is 9.65. The fraction of sp³-hybridized carbons (Fsp3) is 0.316. The first-order chi connectivity index (χ1) is 12.5. The largest absolute Gasteiger partial charge is 0.497 e. The molecule has 0 aliphatic carbocycles. The predicted octanol–water partition coefficient (Wildman–Crippen LogP) is 2.02.